The van der Waals surface area contributed by atoms with Crippen molar-refractivity contribution in [3.05, 3.63) is 17.5 Å². The summed E-state index contributed by atoms with van der Waals surface area (Å²) in [6.07, 6.45) is 0.953. The number of nitrogens with zero attached hydrogens (tertiary/aromatic N) is 2. The number of ether oxygens (including phenoxy) is 1. The number of aryl methyl sites for hydroxylation is 1. The molecule has 0 bridgehead atoms. The third-order valence-corrected chi connectivity index (χ3v) is 3.10. The van der Waals surface area contributed by atoms with Crippen LogP contribution in [0, 0.1) is 0 Å². The number of rotatable bonds is 2. The van der Waals surface area contributed by atoms with Gasteiger partial charge < -0.3 is 9.64 Å². The minimum Gasteiger partial charge on any atom is -0.375 e. The molecular weight excluding hydrogens is 218 g/mol. The molecule has 94 valence electrons. The molecule has 1 saturated heterocycles. The molecule has 17 heavy (non-hydrogen) atoms. The zero-order chi connectivity index (χ0) is 12.4. The highest BCUT2D eigenvalue weighted by Gasteiger charge is 2.29. The molecule has 2 atom stereocenters. The molecule has 1 aromatic heterocycles. The fourth-order valence-electron chi connectivity index (χ4n) is 1.99. The molecule has 1 aliphatic rings. The summed E-state index contributed by atoms with van der Waals surface area (Å²) in [5, 5.41) is 6.94. The summed E-state index contributed by atoms with van der Waals surface area (Å²) in [5.41, 5.74) is 1.49. The summed E-state index contributed by atoms with van der Waals surface area (Å²) >= 11 is 0. The predicted molar refractivity (Wildman–Crippen MR) is 63.9 cm³/mol. The van der Waals surface area contributed by atoms with E-state index >= 15 is 0 Å². The fourth-order valence-corrected chi connectivity index (χ4v) is 1.99. The number of amides is 1. The van der Waals surface area contributed by atoms with E-state index in [2.05, 4.69) is 10.2 Å². The van der Waals surface area contributed by atoms with Gasteiger partial charge in [0.1, 0.15) is 5.69 Å². The number of H-pyrrole nitrogens is 1. The summed E-state index contributed by atoms with van der Waals surface area (Å²) in [5.74, 6) is -0.0106. The lowest BCUT2D eigenvalue weighted by Crippen LogP contribution is -2.50. The van der Waals surface area contributed by atoms with Crippen LogP contribution in [-0.4, -0.2) is 46.3 Å². The number of carbonyl (C=O) groups excluding carboxylic acids is 1. The maximum absolute atomic E-state index is 12.3. The van der Waals surface area contributed by atoms with Gasteiger partial charge in [-0.3, -0.25) is 9.89 Å². The molecule has 0 saturated carbocycles. The third kappa shape index (κ3) is 2.49. The Morgan fingerprint density at radius 1 is 1.65 bits per heavy atom. The predicted octanol–water partition coefficient (Wildman–Crippen LogP) is 1.22. The average molecular weight is 237 g/mol. The van der Waals surface area contributed by atoms with Gasteiger partial charge in [0.05, 0.1) is 18.8 Å². The number of carbonyl (C=O) groups is 1. The van der Waals surface area contributed by atoms with Gasteiger partial charge in [-0.25, -0.2) is 0 Å². The highest BCUT2D eigenvalue weighted by molar-refractivity contribution is 5.92. The smallest absolute Gasteiger partial charge is 0.274 e. The van der Waals surface area contributed by atoms with Crippen LogP contribution >= 0.6 is 0 Å². The Bertz CT molecular complexity index is 402. The molecule has 1 fully saturated rings. The molecular formula is C12H19N3O2. The van der Waals surface area contributed by atoms with E-state index in [1.54, 1.807) is 0 Å². The largest absolute Gasteiger partial charge is 0.375 e. The van der Waals surface area contributed by atoms with Crippen molar-refractivity contribution < 1.29 is 9.53 Å². The number of hydrogen-bond acceptors (Lipinski definition) is 3. The van der Waals surface area contributed by atoms with Crippen LogP contribution in [0.3, 0.4) is 0 Å². The Hall–Kier alpha value is -1.36. The summed E-state index contributed by atoms with van der Waals surface area (Å²) in [4.78, 5) is 14.1. The van der Waals surface area contributed by atoms with Crippen LogP contribution in [0.2, 0.25) is 0 Å². The molecule has 5 heteroatoms. The molecule has 1 N–H and O–H groups in total. The van der Waals surface area contributed by atoms with Crippen LogP contribution in [0.1, 0.15) is 37.0 Å². The van der Waals surface area contributed by atoms with Crippen molar-refractivity contribution in [2.24, 2.45) is 0 Å². The highest BCUT2D eigenvalue weighted by Crippen LogP contribution is 2.15. The maximum Gasteiger partial charge on any atom is 0.274 e. The van der Waals surface area contributed by atoms with Crippen LogP contribution < -0.4 is 0 Å². The van der Waals surface area contributed by atoms with Gasteiger partial charge in [0, 0.05) is 12.2 Å². The molecule has 5 nitrogen and oxygen atoms in total. The first-order valence-corrected chi connectivity index (χ1v) is 6.08. The van der Waals surface area contributed by atoms with E-state index < -0.39 is 0 Å². The molecule has 2 heterocycles. The quantitative estimate of drug-likeness (QED) is 0.841. The second kappa shape index (κ2) is 4.87. The molecule has 2 unspecified atom stereocenters. The normalized spacial score (nSPS) is 25.0. The van der Waals surface area contributed by atoms with E-state index in [1.165, 1.54) is 0 Å². The van der Waals surface area contributed by atoms with Crippen LogP contribution in [0.4, 0.5) is 0 Å². The fraction of sp³-hybridized carbons (Fsp3) is 0.667. The van der Waals surface area contributed by atoms with E-state index in [0.717, 1.165) is 12.1 Å². The van der Waals surface area contributed by atoms with Crippen molar-refractivity contribution in [2.45, 2.75) is 39.3 Å². The molecule has 0 aliphatic carbocycles. The number of morpholine rings is 1. The Labute approximate surface area is 101 Å². The lowest BCUT2D eigenvalue weighted by molar-refractivity contribution is -0.0389. The van der Waals surface area contributed by atoms with Crippen molar-refractivity contribution in [3.63, 3.8) is 0 Å². The van der Waals surface area contributed by atoms with Gasteiger partial charge in [0.15, 0.2) is 0 Å². The van der Waals surface area contributed by atoms with Gasteiger partial charge in [-0.2, -0.15) is 5.10 Å². The van der Waals surface area contributed by atoms with Crippen LogP contribution in [0.25, 0.3) is 0 Å². The van der Waals surface area contributed by atoms with Crippen molar-refractivity contribution >= 4 is 5.91 Å². The van der Waals surface area contributed by atoms with Gasteiger partial charge in [0.25, 0.3) is 5.91 Å². The van der Waals surface area contributed by atoms with Crippen LogP contribution in [0.5, 0.6) is 0 Å². The van der Waals surface area contributed by atoms with Gasteiger partial charge in [-0.1, -0.05) is 6.92 Å². The first-order chi connectivity index (χ1) is 8.11. The topological polar surface area (TPSA) is 58.2 Å². The summed E-state index contributed by atoms with van der Waals surface area (Å²) in [6.45, 7) is 7.23. The monoisotopic (exact) mass is 237 g/mol. The molecule has 0 aromatic carbocycles. The molecule has 1 aliphatic heterocycles. The molecule has 0 radical (unpaired) electrons. The van der Waals surface area contributed by atoms with Crippen molar-refractivity contribution in [3.8, 4) is 0 Å². The van der Waals surface area contributed by atoms with Gasteiger partial charge in [-0.05, 0) is 26.3 Å². The van der Waals surface area contributed by atoms with Crippen molar-refractivity contribution in [1.82, 2.24) is 15.1 Å². The summed E-state index contributed by atoms with van der Waals surface area (Å²) in [7, 11) is 0. The average Bonchev–Trinajstić information content (AvgIpc) is 2.80. The van der Waals surface area contributed by atoms with Gasteiger partial charge in [0.2, 0.25) is 0 Å². The van der Waals surface area contributed by atoms with E-state index in [1.807, 2.05) is 31.7 Å². The lowest BCUT2D eigenvalue weighted by Gasteiger charge is -2.36. The maximum atomic E-state index is 12.3. The Kier molecular flexibility index (Phi) is 3.47. The highest BCUT2D eigenvalue weighted by atomic mass is 16.5. The van der Waals surface area contributed by atoms with Crippen LogP contribution in [-0.2, 0) is 11.2 Å². The van der Waals surface area contributed by atoms with E-state index in [-0.39, 0.29) is 18.1 Å². The third-order valence-electron chi connectivity index (χ3n) is 3.10. The van der Waals surface area contributed by atoms with Crippen molar-refractivity contribution in [1.29, 1.82) is 0 Å². The van der Waals surface area contributed by atoms with Crippen LogP contribution in [0.15, 0.2) is 6.07 Å². The number of aromatic amines is 1. The Morgan fingerprint density at radius 2 is 2.41 bits per heavy atom. The molecule has 1 aromatic rings. The molecule has 1 amide bonds. The standard InChI is InChI=1S/C12H19N3O2/c1-4-10-5-11(14-13-10)12(16)15-6-9(3)17-7-8(15)2/h5,8-9H,4,6-7H2,1-3H3,(H,13,14). The minimum atomic E-state index is -0.0106. The summed E-state index contributed by atoms with van der Waals surface area (Å²) in [6, 6.07) is 1.94. The first kappa shape index (κ1) is 12.1. The van der Waals surface area contributed by atoms with Gasteiger partial charge >= 0.3 is 0 Å². The van der Waals surface area contributed by atoms with Gasteiger partial charge in [-0.15, -0.1) is 0 Å². The first-order valence-electron chi connectivity index (χ1n) is 6.08. The number of aromatic nitrogens is 2. The van der Waals surface area contributed by atoms with E-state index in [0.29, 0.717) is 18.8 Å². The van der Waals surface area contributed by atoms with Crippen molar-refractivity contribution in [2.75, 3.05) is 13.2 Å². The molecule has 0 spiro atoms. The SMILES string of the molecule is CCc1cc(C(=O)N2CC(C)OCC2C)n[nH]1. The Morgan fingerprint density at radius 3 is 3.06 bits per heavy atom. The number of nitrogens with one attached hydrogen (secondary N) is 1. The summed E-state index contributed by atoms with van der Waals surface area (Å²) < 4.78 is 5.51. The lowest BCUT2D eigenvalue weighted by atomic mass is 10.2. The Balaban J connectivity index is 2.12. The number of hydrogen-bond donors (Lipinski definition) is 1. The van der Waals surface area contributed by atoms with E-state index in [9.17, 15) is 4.79 Å². The zero-order valence-electron chi connectivity index (χ0n) is 10.6. The zero-order valence-corrected chi connectivity index (χ0v) is 10.6. The second-order valence-electron chi connectivity index (χ2n) is 4.58. The van der Waals surface area contributed by atoms with E-state index in [4.69, 9.17) is 4.74 Å². The minimum absolute atomic E-state index is 0.0106. The molecule has 2 rings (SSSR count). The second-order valence-corrected chi connectivity index (χ2v) is 4.58.